The number of nitrogens with one attached hydrogen (secondary N) is 1. The molecule has 132 valence electrons. The number of imidazole rings is 1. The van der Waals surface area contributed by atoms with Gasteiger partial charge in [0.05, 0.1) is 11.9 Å². The number of ether oxygens (including phenoxy) is 1. The summed E-state index contributed by atoms with van der Waals surface area (Å²) in [6.07, 6.45) is 6.94. The van der Waals surface area contributed by atoms with Gasteiger partial charge < -0.3 is 15.8 Å². The average Bonchev–Trinajstić information content (AvgIpc) is 3.21. The summed E-state index contributed by atoms with van der Waals surface area (Å²) in [6, 6.07) is 0.252. The van der Waals surface area contributed by atoms with Crippen molar-refractivity contribution in [2.45, 2.75) is 32.8 Å². The lowest BCUT2D eigenvalue weighted by molar-refractivity contribution is 0.275. The summed E-state index contributed by atoms with van der Waals surface area (Å²) >= 11 is 1.59. The van der Waals surface area contributed by atoms with E-state index in [1.54, 1.807) is 15.9 Å². The number of nitrogens with zero attached hydrogens (tertiary/aromatic N) is 5. The summed E-state index contributed by atoms with van der Waals surface area (Å²) < 4.78 is 7.47. The molecule has 3 aromatic heterocycles. The van der Waals surface area contributed by atoms with E-state index in [1.807, 2.05) is 19.3 Å². The first kappa shape index (κ1) is 16.2. The lowest BCUT2D eigenvalue weighted by Gasteiger charge is -2.21. The van der Waals surface area contributed by atoms with Gasteiger partial charge in [0.1, 0.15) is 11.6 Å². The Morgan fingerprint density at radius 2 is 2.16 bits per heavy atom. The van der Waals surface area contributed by atoms with Gasteiger partial charge >= 0.3 is 6.01 Å². The van der Waals surface area contributed by atoms with Crippen LogP contribution < -0.4 is 15.8 Å². The van der Waals surface area contributed by atoms with Crippen LogP contribution in [0.2, 0.25) is 0 Å². The highest BCUT2D eigenvalue weighted by atomic mass is 32.1. The number of piperidine rings is 1. The van der Waals surface area contributed by atoms with Crippen LogP contribution in [0.25, 0.3) is 5.65 Å². The zero-order chi connectivity index (χ0) is 17.2. The van der Waals surface area contributed by atoms with Gasteiger partial charge in [-0.25, -0.2) is 14.5 Å². The average molecular weight is 359 g/mol. The van der Waals surface area contributed by atoms with E-state index >= 15 is 0 Å². The maximum atomic E-state index is 6.04. The Morgan fingerprint density at radius 3 is 2.92 bits per heavy atom. The van der Waals surface area contributed by atoms with Gasteiger partial charge in [0.15, 0.2) is 11.5 Å². The van der Waals surface area contributed by atoms with E-state index in [4.69, 9.17) is 10.5 Å². The van der Waals surface area contributed by atoms with Crippen LogP contribution in [0.5, 0.6) is 6.01 Å². The van der Waals surface area contributed by atoms with E-state index in [1.165, 1.54) is 12.8 Å². The quantitative estimate of drug-likeness (QED) is 0.713. The molecule has 4 heterocycles. The van der Waals surface area contributed by atoms with E-state index in [2.05, 4.69) is 25.4 Å². The van der Waals surface area contributed by atoms with Crippen molar-refractivity contribution in [3.8, 4) is 6.01 Å². The van der Waals surface area contributed by atoms with Gasteiger partial charge in [-0.15, -0.1) is 16.4 Å². The van der Waals surface area contributed by atoms with Crippen LogP contribution in [-0.4, -0.2) is 37.7 Å². The van der Waals surface area contributed by atoms with Crippen LogP contribution in [0.3, 0.4) is 0 Å². The number of nitrogen functional groups attached to an aromatic ring is 1. The molecule has 1 fully saturated rings. The molecule has 25 heavy (non-hydrogen) atoms. The fourth-order valence-electron chi connectivity index (χ4n) is 3.10. The molecule has 0 saturated carbocycles. The standard InChI is InChI=1S/C16H21N7OS/c1-10-7-19-13(25-10)9-24-16-21-14(17)15-20-8-12(23(15)22-16)6-11-2-4-18-5-3-11/h7-8,11,18H,2-6,9H2,1H3,(H2,17,21,22). The van der Waals surface area contributed by atoms with Crippen molar-refractivity contribution in [1.82, 2.24) is 29.9 Å². The summed E-state index contributed by atoms with van der Waals surface area (Å²) in [6.45, 7) is 4.49. The lowest BCUT2D eigenvalue weighted by Crippen LogP contribution is -2.29. The molecule has 3 aromatic rings. The summed E-state index contributed by atoms with van der Waals surface area (Å²) in [5.74, 6) is 0.969. The zero-order valence-corrected chi connectivity index (χ0v) is 14.9. The van der Waals surface area contributed by atoms with Crippen molar-refractivity contribution in [1.29, 1.82) is 0 Å². The van der Waals surface area contributed by atoms with Crippen LogP contribution in [0.4, 0.5) is 5.82 Å². The summed E-state index contributed by atoms with van der Waals surface area (Å²) in [5, 5.41) is 8.77. The van der Waals surface area contributed by atoms with Gasteiger partial charge in [0.25, 0.3) is 0 Å². The molecule has 1 aliphatic rings. The highest BCUT2D eigenvalue weighted by molar-refractivity contribution is 7.11. The number of nitrogens with two attached hydrogens (primary N) is 1. The maximum Gasteiger partial charge on any atom is 0.336 e. The predicted molar refractivity (Wildman–Crippen MR) is 95.7 cm³/mol. The van der Waals surface area contributed by atoms with E-state index in [0.29, 0.717) is 24.0 Å². The second-order valence-electron chi connectivity index (χ2n) is 6.32. The molecule has 8 nitrogen and oxygen atoms in total. The molecule has 1 saturated heterocycles. The molecule has 0 unspecified atom stereocenters. The predicted octanol–water partition coefficient (Wildman–Crippen LogP) is 1.59. The topological polar surface area (TPSA) is 103 Å². The van der Waals surface area contributed by atoms with Crippen molar-refractivity contribution in [2.75, 3.05) is 18.8 Å². The Hall–Kier alpha value is -2.26. The van der Waals surface area contributed by atoms with Gasteiger partial charge in [-0.2, -0.15) is 4.98 Å². The summed E-state index contributed by atoms with van der Waals surface area (Å²) in [4.78, 5) is 14.0. The molecule has 0 aromatic carbocycles. The van der Waals surface area contributed by atoms with Gasteiger partial charge in [-0.3, -0.25) is 0 Å². The Balaban J connectivity index is 1.55. The first-order valence-electron chi connectivity index (χ1n) is 8.44. The molecule has 9 heteroatoms. The summed E-state index contributed by atoms with van der Waals surface area (Å²) in [7, 11) is 0. The number of anilines is 1. The number of aryl methyl sites for hydroxylation is 1. The van der Waals surface area contributed by atoms with Crippen molar-refractivity contribution >= 4 is 22.8 Å². The van der Waals surface area contributed by atoms with Crippen molar-refractivity contribution in [2.24, 2.45) is 5.92 Å². The van der Waals surface area contributed by atoms with E-state index < -0.39 is 0 Å². The number of rotatable bonds is 5. The minimum Gasteiger partial charge on any atom is -0.455 e. The Kier molecular flexibility index (Phi) is 4.50. The molecule has 0 aliphatic carbocycles. The van der Waals surface area contributed by atoms with Crippen LogP contribution in [-0.2, 0) is 13.0 Å². The van der Waals surface area contributed by atoms with Crippen LogP contribution in [0.1, 0.15) is 28.4 Å². The Morgan fingerprint density at radius 1 is 1.32 bits per heavy atom. The molecule has 0 atom stereocenters. The van der Waals surface area contributed by atoms with Crippen LogP contribution in [0.15, 0.2) is 12.4 Å². The minimum absolute atomic E-state index is 0.252. The molecule has 0 radical (unpaired) electrons. The molecule has 0 bridgehead atoms. The third-order valence-corrected chi connectivity index (χ3v) is 5.28. The van der Waals surface area contributed by atoms with Crippen molar-refractivity contribution < 1.29 is 4.74 Å². The van der Waals surface area contributed by atoms with Gasteiger partial charge in [-0.05, 0) is 45.2 Å². The summed E-state index contributed by atoms with van der Waals surface area (Å²) in [5.41, 5.74) is 7.67. The fraction of sp³-hybridized carbons (Fsp3) is 0.500. The largest absolute Gasteiger partial charge is 0.455 e. The Labute approximate surface area is 149 Å². The number of hydrogen-bond donors (Lipinski definition) is 2. The lowest BCUT2D eigenvalue weighted by atomic mass is 9.93. The third-order valence-electron chi connectivity index (χ3n) is 4.39. The highest BCUT2D eigenvalue weighted by Gasteiger charge is 2.18. The fourth-order valence-corrected chi connectivity index (χ4v) is 3.80. The number of hydrogen-bond acceptors (Lipinski definition) is 8. The molecular formula is C16H21N7OS. The normalized spacial score (nSPS) is 15.7. The smallest absolute Gasteiger partial charge is 0.336 e. The molecule has 0 spiro atoms. The minimum atomic E-state index is 0.252. The molecule has 0 amide bonds. The SMILES string of the molecule is Cc1cnc(COc2nc(N)c3ncc(CC4CCNCC4)n3n2)s1. The highest BCUT2D eigenvalue weighted by Crippen LogP contribution is 2.21. The number of fused-ring (bicyclic) bond motifs is 1. The second kappa shape index (κ2) is 6.93. The van der Waals surface area contributed by atoms with Crippen molar-refractivity contribution in [3.63, 3.8) is 0 Å². The molecule has 1 aliphatic heterocycles. The maximum absolute atomic E-state index is 6.04. The molecule has 3 N–H and O–H groups in total. The number of thiazole rings is 1. The second-order valence-corrected chi connectivity index (χ2v) is 7.63. The Bertz CT molecular complexity index is 869. The molecular weight excluding hydrogens is 338 g/mol. The first-order valence-corrected chi connectivity index (χ1v) is 9.25. The van der Waals surface area contributed by atoms with E-state index in [0.717, 1.165) is 35.1 Å². The van der Waals surface area contributed by atoms with Gasteiger partial charge in [0, 0.05) is 11.1 Å². The van der Waals surface area contributed by atoms with Crippen LogP contribution >= 0.6 is 11.3 Å². The monoisotopic (exact) mass is 359 g/mol. The molecule has 4 rings (SSSR count). The first-order chi connectivity index (χ1) is 12.2. The number of aromatic nitrogens is 5. The van der Waals surface area contributed by atoms with E-state index in [9.17, 15) is 0 Å². The van der Waals surface area contributed by atoms with Gasteiger partial charge in [-0.1, -0.05) is 0 Å². The van der Waals surface area contributed by atoms with E-state index in [-0.39, 0.29) is 6.01 Å². The third kappa shape index (κ3) is 3.57. The zero-order valence-electron chi connectivity index (χ0n) is 14.1. The van der Waals surface area contributed by atoms with Gasteiger partial charge in [0.2, 0.25) is 0 Å². The van der Waals surface area contributed by atoms with Crippen LogP contribution in [0, 0.1) is 12.8 Å². The van der Waals surface area contributed by atoms with Crippen molar-refractivity contribution in [3.05, 3.63) is 28.0 Å².